The van der Waals surface area contributed by atoms with Gasteiger partial charge in [-0.2, -0.15) is 0 Å². The largest absolute Gasteiger partial charge is 0.369 e. The van der Waals surface area contributed by atoms with Gasteiger partial charge in [0.25, 0.3) is 0 Å². The highest BCUT2D eigenvalue weighted by Crippen LogP contribution is 2.28. The van der Waals surface area contributed by atoms with E-state index in [0.717, 1.165) is 23.9 Å². The molecule has 1 aromatic heterocycles. The summed E-state index contributed by atoms with van der Waals surface area (Å²) in [5.41, 5.74) is 9.03. The average molecular weight is 258 g/mol. The summed E-state index contributed by atoms with van der Waals surface area (Å²) in [7, 11) is 0. The smallest absolute Gasteiger partial charge is 0.223 e. The first-order chi connectivity index (χ1) is 9.15. The van der Waals surface area contributed by atoms with Crippen molar-refractivity contribution in [2.24, 2.45) is 5.92 Å². The van der Waals surface area contributed by atoms with Crippen molar-refractivity contribution in [2.45, 2.75) is 26.3 Å². The lowest BCUT2D eigenvalue weighted by Crippen LogP contribution is -2.28. The number of hydrogen-bond donors (Lipinski definition) is 2. The fraction of sp³-hybridized carbons (Fsp3) is 0.429. The molecule has 19 heavy (non-hydrogen) atoms. The summed E-state index contributed by atoms with van der Waals surface area (Å²) in [5, 5.41) is 2.95. The number of benzene rings is 1. The third-order valence-corrected chi connectivity index (χ3v) is 3.52. The minimum absolute atomic E-state index is 0.166. The van der Waals surface area contributed by atoms with E-state index in [1.165, 1.54) is 5.56 Å². The van der Waals surface area contributed by atoms with Gasteiger partial charge in [0.1, 0.15) is 0 Å². The fourth-order valence-electron chi connectivity index (χ4n) is 2.27. The van der Waals surface area contributed by atoms with E-state index < -0.39 is 0 Å². The molecule has 1 saturated carbocycles. The molecule has 5 heteroatoms. The van der Waals surface area contributed by atoms with Crippen LogP contribution in [0.3, 0.4) is 0 Å². The monoisotopic (exact) mass is 258 g/mol. The molecule has 1 heterocycles. The number of fused-ring (bicyclic) bond motifs is 1. The van der Waals surface area contributed by atoms with E-state index in [4.69, 9.17) is 5.73 Å². The van der Waals surface area contributed by atoms with Gasteiger partial charge in [-0.3, -0.25) is 4.79 Å². The van der Waals surface area contributed by atoms with Gasteiger partial charge in [0.15, 0.2) is 0 Å². The van der Waals surface area contributed by atoms with Crippen molar-refractivity contribution in [1.82, 2.24) is 14.9 Å². The zero-order valence-electron chi connectivity index (χ0n) is 11.0. The number of nitrogens with zero attached hydrogens (tertiary/aromatic N) is 2. The van der Waals surface area contributed by atoms with Crippen LogP contribution in [0.1, 0.15) is 18.4 Å². The molecule has 1 aromatic carbocycles. The quantitative estimate of drug-likeness (QED) is 0.871. The Morgan fingerprint density at radius 3 is 3.05 bits per heavy atom. The van der Waals surface area contributed by atoms with Crippen molar-refractivity contribution in [1.29, 1.82) is 0 Å². The topological polar surface area (TPSA) is 72.9 Å². The number of anilines is 1. The van der Waals surface area contributed by atoms with Gasteiger partial charge >= 0.3 is 0 Å². The Morgan fingerprint density at radius 2 is 2.32 bits per heavy atom. The van der Waals surface area contributed by atoms with Crippen LogP contribution in [-0.4, -0.2) is 22.0 Å². The van der Waals surface area contributed by atoms with Crippen LogP contribution in [0, 0.1) is 12.8 Å². The summed E-state index contributed by atoms with van der Waals surface area (Å²) in [6, 6.07) is 6.07. The zero-order valence-corrected chi connectivity index (χ0v) is 11.0. The van der Waals surface area contributed by atoms with Crippen LogP contribution in [0.2, 0.25) is 0 Å². The maximum Gasteiger partial charge on any atom is 0.223 e. The zero-order chi connectivity index (χ0) is 13.4. The lowest BCUT2D eigenvalue weighted by molar-refractivity contribution is -0.122. The maximum absolute atomic E-state index is 11.6. The number of amides is 1. The molecule has 0 saturated heterocycles. The van der Waals surface area contributed by atoms with E-state index in [9.17, 15) is 4.79 Å². The van der Waals surface area contributed by atoms with Gasteiger partial charge in [0.2, 0.25) is 11.9 Å². The summed E-state index contributed by atoms with van der Waals surface area (Å²) in [6.07, 6.45) is 2.06. The molecule has 0 aliphatic heterocycles. The summed E-state index contributed by atoms with van der Waals surface area (Å²) < 4.78 is 1.95. The average Bonchev–Trinajstić information content (AvgIpc) is 3.17. The highest BCUT2D eigenvalue weighted by molar-refractivity contribution is 5.81. The maximum atomic E-state index is 11.6. The van der Waals surface area contributed by atoms with Crippen LogP contribution in [0.15, 0.2) is 18.2 Å². The first-order valence-corrected chi connectivity index (χ1v) is 6.65. The van der Waals surface area contributed by atoms with Gasteiger partial charge < -0.3 is 15.6 Å². The molecule has 1 amide bonds. The predicted octanol–water partition coefficient (Wildman–Crippen LogP) is 1.45. The standard InChI is InChI=1S/C14H18N4O/c1-9-2-5-11-12(8-9)18(14(15)17-11)7-6-16-13(19)10-3-4-10/h2,5,8,10H,3-4,6-7H2,1H3,(H2,15,17)(H,16,19). The molecule has 0 atom stereocenters. The number of rotatable bonds is 4. The Balaban J connectivity index is 1.74. The first kappa shape index (κ1) is 12.0. The second kappa shape index (κ2) is 4.57. The second-order valence-electron chi connectivity index (χ2n) is 5.18. The van der Waals surface area contributed by atoms with Gasteiger partial charge in [-0.25, -0.2) is 4.98 Å². The van der Waals surface area contributed by atoms with Crippen LogP contribution >= 0.6 is 0 Å². The molecular formula is C14H18N4O. The number of nitrogens with two attached hydrogens (primary N) is 1. The van der Waals surface area contributed by atoms with Crippen molar-refractivity contribution in [3.63, 3.8) is 0 Å². The predicted molar refractivity (Wildman–Crippen MR) is 74.6 cm³/mol. The van der Waals surface area contributed by atoms with Crippen molar-refractivity contribution in [3.8, 4) is 0 Å². The molecule has 0 unspecified atom stereocenters. The molecule has 1 aliphatic rings. The lowest BCUT2D eigenvalue weighted by atomic mass is 10.2. The van der Waals surface area contributed by atoms with E-state index in [0.29, 0.717) is 19.0 Å². The number of carbonyl (C=O) groups is 1. The molecule has 3 rings (SSSR count). The molecule has 3 N–H and O–H groups in total. The summed E-state index contributed by atoms with van der Waals surface area (Å²) in [6.45, 7) is 3.30. The SMILES string of the molecule is Cc1ccc2nc(N)n(CCNC(=O)C3CC3)c2c1. The van der Waals surface area contributed by atoms with Crippen LogP contribution in [0.5, 0.6) is 0 Å². The minimum atomic E-state index is 0.166. The van der Waals surface area contributed by atoms with E-state index >= 15 is 0 Å². The van der Waals surface area contributed by atoms with Gasteiger partial charge in [-0.05, 0) is 37.5 Å². The molecular weight excluding hydrogens is 240 g/mol. The van der Waals surface area contributed by atoms with Crippen molar-refractivity contribution in [3.05, 3.63) is 23.8 Å². The number of aromatic nitrogens is 2. The number of aryl methyl sites for hydroxylation is 1. The van der Waals surface area contributed by atoms with Crippen LogP contribution in [-0.2, 0) is 11.3 Å². The van der Waals surface area contributed by atoms with Crippen molar-refractivity contribution >= 4 is 22.9 Å². The second-order valence-corrected chi connectivity index (χ2v) is 5.18. The Kier molecular flexibility index (Phi) is 2.89. The molecule has 1 aliphatic carbocycles. The third kappa shape index (κ3) is 2.41. The van der Waals surface area contributed by atoms with Gasteiger partial charge in [0.05, 0.1) is 11.0 Å². The fourth-order valence-corrected chi connectivity index (χ4v) is 2.27. The molecule has 100 valence electrons. The van der Waals surface area contributed by atoms with E-state index in [1.54, 1.807) is 0 Å². The molecule has 2 aromatic rings. The Bertz CT molecular complexity index is 628. The molecule has 1 fully saturated rings. The van der Waals surface area contributed by atoms with Crippen molar-refractivity contribution < 1.29 is 4.79 Å². The van der Waals surface area contributed by atoms with Gasteiger partial charge in [-0.1, -0.05) is 6.07 Å². The molecule has 0 bridgehead atoms. The molecule has 0 radical (unpaired) electrons. The van der Waals surface area contributed by atoms with Gasteiger partial charge in [0, 0.05) is 19.0 Å². The highest BCUT2D eigenvalue weighted by Gasteiger charge is 2.29. The number of nitrogen functional groups attached to an aromatic ring is 1. The van der Waals surface area contributed by atoms with Crippen LogP contribution < -0.4 is 11.1 Å². The minimum Gasteiger partial charge on any atom is -0.369 e. The van der Waals surface area contributed by atoms with Gasteiger partial charge in [-0.15, -0.1) is 0 Å². The normalized spacial score (nSPS) is 14.8. The number of nitrogens with one attached hydrogen (secondary N) is 1. The van der Waals surface area contributed by atoms with Crippen LogP contribution in [0.25, 0.3) is 11.0 Å². The lowest BCUT2D eigenvalue weighted by Gasteiger charge is -2.08. The number of carbonyl (C=O) groups excluding carboxylic acids is 1. The first-order valence-electron chi connectivity index (χ1n) is 6.65. The summed E-state index contributed by atoms with van der Waals surface area (Å²) >= 11 is 0. The Hall–Kier alpha value is -2.04. The Morgan fingerprint density at radius 1 is 1.53 bits per heavy atom. The van der Waals surface area contributed by atoms with E-state index in [2.05, 4.69) is 16.4 Å². The number of imidazole rings is 1. The molecule has 0 spiro atoms. The number of hydrogen-bond acceptors (Lipinski definition) is 3. The summed E-state index contributed by atoms with van der Waals surface area (Å²) in [5.74, 6) is 0.916. The third-order valence-electron chi connectivity index (χ3n) is 3.52. The highest BCUT2D eigenvalue weighted by atomic mass is 16.2. The molecule has 5 nitrogen and oxygen atoms in total. The van der Waals surface area contributed by atoms with E-state index in [1.807, 2.05) is 23.6 Å². The van der Waals surface area contributed by atoms with E-state index in [-0.39, 0.29) is 11.8 Å². The van der Waals surface area contributed by atoms with Crippen LogP contribution in [0.4, 0.5) is 5.95 Å². The van der Waals surface area contributed by atoms with Crippen molar-refractivity contribution in [2.75, 3.05) is 12.3 Å². The summed E-state index contributed by atoms with van der Waals surface area (Å²) in [4.78, 5) is 15.9. The Labute approximate surface area is 111 Å².